The molecule has 0 unspecified atom stereocenters. The predicted molar refractivity (Wildman–Crippen MR) is 86.7 cm³/mol. The van der Waals surface area contributed by atoms with Gasteiger partial charge in [0.1, 0.15) is 0 Å². The zero-order valence-electron chi connectivity index (χ0n) is 12.0. The summed E-state index contributed by atoms with van der Waals surface area (Å²) >= 11 is 1.94. The highest BCUT2D eigenvalue weighted by Gasteiger charge is 2.11. The van der Waals surface area contributed by atoms with Gasteiger partial charge in [-0.05, 0) is 17.7 Å². The average Bonchev–Trinajstić information content (AvgIpc) is 2.54. The summed E-state index contributed by atoms with van der Waals surface area (Å²) in [5.74, 6) is 2.81. The quantitative estimate of drug-likeness (QED) is 0.656. The van der Waals surface area contributed by atoms with Crippen molar-refractivity contribution in [3.8, 4) is 0 Å². The number of nitrogens with zero attached hydrogens (tertiary/aromatic N) is 2. The second-order valence-electron chi connectivity index (χ2n) is 4.59. The van der Waals surface area contributed by atoms with E-state index in [2.05, 4.69) is 19.9 Å². The van der Waals surface area contributed by atoms with Gasteiger partial charge in [-0.1, -0.05) is 12.1 Å². The Labute approximate surface area is 128 Å². The third kappa shape index (κ3) is 4.86. The summed E-state index contributed by atoms with van der Waals surface area (Å²) in [6, 6.07) is 7.45. The molecule has 0 spiro atoms. The number of carbonyl (C=O) groups is 1. The van der Waals surface area contributed by atoms with Gasteiger partial charge in [0, 0.05) is 30.3 Å². The van der Waals surface area contributed by atoms with Crippen LogP contribution in [0.3, 0.4) is 0 Å². The van der Waals surface area contributed by atoms with Gasteiger partial charge in [0.25, 0.3) is 0 Å². The van der Waals surface area contributed by atoms with Crippen LogP contribution in [0.4, 0.5) is 10.5 Å². The maximum Gasteiger partial charge on any atom is 0.411 e. The maximum absolute atomic E-state index is 11.1. The molecule has 0 saturated carbocycles. The molecule has 1 amide bonds. The van der Waals surface area contributed by atoms with Gasteiger partial charge in [-0.15, -0.1) is 0 Å². The molecule has 7 heteroatoms. The zero-order valence-corrected chi connectivity index (χ0v) is 12.9. The maximum atomic E-state index is 11.1. The minimum atomic E-state index is -0.479. The molecular formula is C14H20N4O2S. The minimum Gasteiger partial charge on any atom is -0.453 e. The number of thioether (sulfide) groups is 1. The predicted octanol–water partition coefficient (Wildman–Crippen LogP) is 1.73. The summed E-state index contributed by atoms with van der Waals surface area (Å²) in [4.78, 5) is 17.6. The molecule has 21 heavy (non-hydrogen) atoms. The number of nitrogens with one attached hydrogen (secondary N) is 1. The molecular weight excluding hydrogens is 288 g/mol. The number of amides is 1. The first-order chi connectivity index (χ1) is 10.2. The second-order valence-corrected chi connectivity index (χ2v) is 5.81. The zero-order chi connectivity index (χ0) is 15.1. The number of carbonyl (C=O) groups excluding carboxylic acids is 1. The standard InChI is InChI=1S/C14H20N4O2S/c1-20-14(19)17-12-4-2-11(3-5-12)10-16-13(15)18-6-8-21-9-7-18/h2-5H,6-10H2,1H3,(H2,15,16)(H,17,19). The number of guanidine groups is 1. The molecule has 2 rings (SSSR count). The van der Waals surface area contributed by atoms with E-state index in [1.54, 1.807) is 0 Å². The number of nitrogens with two attached hydrogens (primary N) is 1. The molecule has 3 N–H and O–H groups in total. The number of rotatable bonds is 3. The van der Waals surface area contributed by atoms with Crippen molar-refractivity contribution in [2.75, 3.05) is 37.0 Å². The fourth-order valence-corrected chi connectivity index (χ4v) is 2.83. The molecule has 114 valence electrons. The van der Waals surface area contributed by atoms with Gasteiger partial charge >= 0.3 is 6.09 Å². The third-order valence-corrected chi connectivity index (χ3v) is 4.09. The van der Waals surface area contributed by atoms with Crippen molar-refractivity contribution in [3.05, 3.63) is 29.8 Å². The lowest BCUT2D eigenvalue weighted by Gasteiger charge is -2.27. The molecule has 0 atom stereocenters. The summed E-state index contributed by atoms with van der Waals surface area (Å²) in [7, 11) is 1.33. The first-order valence-electron chi connectivity index (χ1n) is 6.75. The molecule has 1 aromatic carbocycles. The third-order valence-electron chi connectivity index (χ3n) is 3.14. The highest BCUT2D eigenvalue weighted by Crippen LogP contribution is 2.12. The van der Waals surface area contributed by atoms with Crippen molar-refractivity contribution < 1.29 is 9.53 Å². The number of hydrogen-bond acceptors (Lipinski definition) is 4. The molecule has 1 aliphatic rings. The molecule has 0 radical (unpaired) electrons. The van der Waals surface area contributed by atoms with E-state index in [-0.39, 0.29) is 0 Å². The van der Waals surface area contributed by atoms with Crippen molar-refractivity contribution in [2.45, 2.75) is 6.54 Å². The first kappa shape index (κ1) is 15.5. The van der Waals surface area contributed by atoms with Crippen LogP contribution < -0.4 is 11.1 Å². The molecule has 1 heterocycles. The van der Waals surface area contributed by atoms with Crippen LogP contribution in [0.15, 0.2) is 29.3 Å². The van der Waals surface area contributed by atoms with E-state index in [1.807, 2.05) is 36.0 Å². The fraction of sp³-hybridized carbons (Fsp3) is 0.429. The van der Waals surface area contributed by atoms with E-state index < -0.39 is 6.09 Å². The molecule has 0 aromatic heterocycles. The lowest BCUT2D eigenvalue weighted by molar-refractivity contribution is 0.187. The largest absolute Gasteiger partial charge is 0.453 e. The molecule has 1 aromatic rings. The molecule has 1 saturated heterocycles. The number of anilines is 1. The van der Waals surface area contributed by atoms with Crippen molar-refractivity contribution >= 4 is 29.5 Å². The Morgan fingerprint density at radius 2 is 2.05 bits per heavy atom. The summed E-state index contributed by atoms with van der Waals surface area (Å²) in [6.45, 7) is 2.46. The van der Waals surface area contributed by atoms with Gasteiger partial charge in [0.15, 0.2) is 5.96 Å². The fourth-order valence-electron chi connectivity index (χ4n) is 1.93. The van der Waals surface area contributed by atoms with Gasteiger partial charge in [-0.2, -0.15) is 11.8 Å². The second kappa shape index (κ2) is 7.78. The van der Waals surface area contributed by atoms with E-state index in [0.717, 1.165) is 30.2 Å². The number of methoxy groups -OCH3 is 1. The molecule has 0 bridgehead atoms. The Kier molecular flexibility index (Phi) is 5.74. The van der Waals surface area contributed by atoms with E-state index >= 15 is 0 Å². The van der Waals surface area contributed by atoms with Crippen molar-refractivity contribution in [1.29, 1.82) is 0 Å². The van der Waals surface area contributed by atoms with E-state index in [9.17, 15) is 4.79 Å². The van der Waals surface area contributed by atoms with Crippen LogP contribution in [0.1, 0.15) is 5.56 Å². The van der Waals surface area contributed by atoms with Crippen LogP contribution in [0.25, 0.3) is 0 Å². The Balaban J connectivity index is 1.89. The summed E-state index contributed by atoms with van der Waals surface area (Å²) < 4.78 is 4.53. The van der Waals surface area contributed by atoms with Crippen molar-refractivity contribution in [1.82, 2.24) is 4.90 Å². The molecule has 1 aliphatic heterocycles. The highest BCUT2D eigenvalue weighted by molar-refractivity contribution is 7.99. The number of aliphatic imine (C=N–C) groups is 1. The number of ether oxygens (including phenoxy) is 1. The Hall–Kier alpha value is -1.89. The van der Waals surface area contributed by atoms with E-state index in [4.69, 9.17) is 5.73 Å². The van der Waals surface area contributed by atoms with Gasteiger partial charge in [-0.25, -0.2) is 9.79 Å². The lowest BCUT2D eigenvalue weighted by atomic mass is 10.2. The monoisotopic (exact) mass is 308 g/mol. The van der Waals surface area contributed by atoms with Crippen LogP contribution in [-0.4, -0.2) is 48.7 Å². The van der Waals surface area contributed by atoms with Crippen molar-refractivity contribution in [3.63, 3.8) is 0 Å². The van der Waals surface area contributed by atoms with E-state index in [0.29, 0.717) is 18.2 Å². The normalized spacial score (nSPS) is 15.7. The van der Waals surface area contributed by atoms with Gasteiger partial charge in [-0.3, -0.25) is 5.32 Å². The average molecular weight is 308 g/mol. The van der Waals surface area contributed by atoms with Crippen LogP contribution in [0.5, 0.6) is 0 Å². The lowest BCUT2D eigenvalue weighted by Crippen LogP contribution is -2.42. The first-order valence-corrected chi connectivity index (χ1v) is 7.91. The summed E-state index contributed by atoms with van der Waals surface area (Å²) in [5, 5.41) is 2.60. The van der Waals surface area contributed by atoms with Crippen molar-refractivity contribution in [2.24, 2.45) is 10.7 Å². The van der Waals surface area contributed by atoms with Gasteiger partial charge < -0.3 is 15.4 Å². The Morgan fingerprint density at radius 1 is 1.38 bits per heavy atom. The van der Waals surface area contributed by atoms with E-state index in [1.165, 1.54) is 7.11 Å². The van der Waals surface area contributed by atoms with Crippen LogP contribution >= 0.6 is 11.8 Å². The topological polar surface area (TPSA) is 79.9 Å². The van der Waals surface area contributed by atoms with Crippen LogP contribution in [-0.2, 0) is 11.3 Å². The summed E-state index contributed by atoms with van der Waals surface area (Å²) in [5.41, 5.74) is 7.74. The molecule has 0 aliphatic carbocycles. The summed E-state index contributed by atoms with van der Waals surface area (Å²) in [6.07, 6.45) is -0.479. The van der Waals surface area contributed by atoms with Crippen LogP contribution in [0.2, 0.25) is 0 Å². The Bertz CT molecular complexity index is 498. The Morgan fingerprint density at radius 3 is 2.67 bits per heavy atom. The van der Waals surface area contributed by atoms with Crippen LogP contribution in [0, 0.1) is 0 Å². The molecule has 6 nitrogen and oxygen atoms in total. The highest BCUT2D eigenvalue weighted by atomic mass is 32.2. The number of hydrogen-bond donors (Lipinski definition) is 2. The van der Waals surface area contributed by atoms with Gasteiger partial charge in [0.05, 0.1) is 13.7 Å². The smallest absolute Gasteiger partial charge is 0.411 e. The number of benzene rings is 1. The SMILES string of the molecule is COC(=O)Nc1ccc(CN=C(N)N2CCSCC2)cc1. The molecule has 1 fully saturated rings. The minimum absolute atomic E-state index is 0.479. The van der Waals surface area contributed by atoms with Gasteiger partial charge in [0.2, 0.25) is 0 Å².